The number of carbonyl (C=O) groups is 1. The number of benzene rings is 1. The summed E-state index contributed by atoms with van der Waals surface area (Å²) < 4.78 is 0. The lowest BCUT2D eigenvalue weighted by Crippen LogP contribution is -2.17. The molecule has 0 spiro atoms. The number of hydrogen-bond acceptors (Lipinski definition) is 3. The third-order valence-electron chi connectivity index (χ3n) is 1.47. The van der Waals surface area contributed by atoms with E-state index in [0.717, 1.165) is 5.01 Å². The molecular weight excluding hydrogens is 192 g/mol. The summed E-state index contributed by atoms with van der Waals surface area (Å²) >= 11 is 5.64. The van der Waals surface area contributed by atoms with Gasteiger partial charge in [0.1, 0.15) is 12.8 Å². The summed E-state index contributed by atoms with van der Waals surface area (Å²) in [5, 5.41) is 4.30. The molecule has 1 rings (SSSR count). The molecule has 68 valence electrons. The molecule has 1 aromatic carbocycles. The summed E-state index contributed by atoms with van der Waals surface area (Å²) in [6.07, 6.45) is 0.607. The van der Waals surface area contributed by atoms with E-state index in [9.17, 15) is 9.70 Å². The third kappa shape index (κ3) is 2.52. The predicted octanol–water partition coefficient (Wildman–Crippen LogP) is 2.03. The number of carbonyl (C=O) groups excluding carboxylic acids is 1. The van der Waals surface area contributed by atoms with Crippen molar-refractivity contribution in [3.05, 3.63) is 34.2 Å². The molecule has 13 heavy (non-hydrogen) atoms. The Labute approximate surface area is 80.1 Å². The molecule has 5 heteroatoms. The van der Waals surface area contributed by atoms with Gasteiger partial charge in [0.25, 0.3) is 0 Å². The van der Waals surface area contributed by atoms with Gasteiger partial charge in [0.05, 0.1) is 11.0 Å². The second-order valence-electron chi connectivity index (χ2n) is 2.31. The third-order valence-corrected chi connectivity index (χ3v) is 1.72. The van der Waals surface area contributed by atoms with E-state index >= 15 is 0 Å². The van der Waals surface area contributed by atoms with Gasteiger partial charge in [-0.25, -0.2) is 5.01 Å². The first kappa shape index (κ1) is 9.67. The van der Waals surface area contributed by atoms with Gasteiger partial charge in [0.15, 0.2) is 0 Å². The van der Waals surface area contributed by atoms with E-state index in [-0.39, 0.29) is 6.54 Å². The van der Waals surface area contributed by atoms with Crippen LogP contribution in [0.4, 0.5) is 5.69 Å². The Bertz CT molecular complexity index is 300. The van der Waals surface area contributed by atoms with E-state index in [1.165, 1.54) is 0 Å². The minimum absolute atomic E-state index is 0.0505. The summed E-state index contributed by atoms with van der Waals surface area (Å²) in [5.74, 6) is 0. The highest BCUT2D eigenvalue weighted by Crippen LogP contribution is 2.17. The van der Waals surface area contributed by atoms with Crippen molar-refractivity contribution in [1.82, 2.24) is 0 Å². The number of nitroso groups, excluding NO2 is 1. The molecule has 0 amide bonds. The van der Waals surface area contributed by atoms with Crippen LogP contribution in [0.1, 0.15) is 0 Å². The molecule has 0 unspecified atom stereocenters. The van der Waals surface area contributed by atoms with E-state index in [1.54, 1.807) is 24.3 Å². The first-order valence-corrected chi connectivity index (χ1v) is 3.95. The first-order valence-electron chi connectivity index (χ1n) is 3.58. The smallest absolute Gasteiger partial charge is 0.141 e. The standard InChI is InChI=1S/C8H7ClN2O2/c9-7-1-3-8(4-2-7)11(10-13)5-6-12/h1-4,6H,5H2. The van der Waals surface area contributed by atoms with Crippen LogP contribution in [0.3, 0.4) is 0 Å². The average molecular weight is 199 g/mol. The lowest BCUT2D eigenvalue weighted by atomic mass is 10.3. The second kappa shape index (κ2) is 4.57. The Kier molecular flexibility index (Phi) is 3.40. The number of nitrogens with zero attached hydrogens (tertiary/aromatic N) is 2. The number of aldehydes is 1. The molecule has 0 heterocycles. The molecule has 0 atom stereocenters. The van der Waals surface area contributed by atoms with Crippen LogP contribution in [0.15, 0.2) is 29.6 Å². The number of hydrogen-bond donors (Lipinski definition) is 0. The zero-order chi connectivity index (χ0) is 9.68. The van der Waals surface area contributed by atoms with Crippen LogP contribution in [0, 0.1) is 4.91 Å². The van der Waals surface area contributed by atoms with Crippen molar-refractivity contribution in [3.63, 3.8) is 0 Å². The van der Waals surface area contributed by atoms with Crippen LogP contribution in [0.5, 0.6) is 0 Å². The molecule has 0 N–H and O–H groups in total. The normalized spacial score (nSPS) is 9.31. The lowest BCUT2D eigenvalue weighted by Gasteiger charge is -2.10. The van der Waals surface area contributed by atoms with Crippen LogP contribution >= 0.6 is 11.6 Å². The number of rotatable bonds is 4. The molecule has 0 aliphatic heterocycles. The maximum atomic E-state index is 10.3. The van der Waals surface area contributed by atoms with Gasteiger partial charge in [-0.2, -0.15) is 0 Å². The zero-order valence-electron chi connectivity index (χ0n) is 6.68. The van der Waals surface area contributed by atoms with Gasteiger partial charge in [-0.05, 0) is 24.3 Å². The summed E-state index contributed by atoms with van der Waals surface area (Å²) in [6.45, 7) is -0.0505. The molecule has 4 nitrogen and oxygen atoms in total. The highest BCUT2D eigenvalue weighted by atomic mass is 35.5. The van der Waals surface area contributed by atoms with E-state index in [1.807, 2.05) is 0 Å². The largest absolute Gasteiger partial charge is 0.301 e. The van der Waals surface area contributed by atoms with Gasteiger partial charge in [-0.15, -0.1) is 4.91 Å². The van der Waals surface area contributed by atoms with Crippen molar-refractivity contribution < 1.29 is 4.79 Å². The highest BCUT2D eigenvalue weighted by molar-refractivity contribution is 6.30. The van der Waals surface area contributed by atoms with Gasteiger partial charge in [0.2, 0.25) is 0 Å². The second-order valence-corrected chi connectivity index (χ2v) is 2.74. The maximum Gasteiger partial charge on any atom is 0.141 e. The van der Waals surface area contributed by atoms with Gasteiger partial charge in [0, 0.05) is 5.02 Å². The summed E-state index contributed by atoms with van der Waals surface area (Å²) in [5.41, 5.74) is 0.548. The molecule has 0 saturated carbocycles. The quantitative estimate of drug-likeness (QED) is 0.423. The van der Waals surface area contributed by atoms with E-state index in [4.69, 9.17) is 11.6 Å². The van der Waals surface area contributed by atoms with Crippen LogP contribution in [0.25, 0.3) is 0 Å². The molecule has 0 saturated heterocycles. The zero-order valence-corrected chi connectivity index (χ0v) is 7.44. The Morgan fingerprint density at radius 3 is 2.46 bits per heavy atom. The minimum Gasteiger partial charge on any atom is -0.301 e. The Hall–Kier alpha value is -1.42. The van der Waals surface area contributed by atoms with Crippen LogP contribution in [0.2, 0.25) is 5.02 Å². The van der Waals surface area contributed by atoms with Crippen LogP contribution in [-0.2, 0) is 4.79 Å². The summed E-state index contributed by atoms with van der Waals surface area (Å²) in [7, 11) is 0. The molecule has 0 aliphatic rings. The molecule has 0 aromatic heterocycles. The lowest BCUT2D eigenvalue weighted by molar-refractivity contribution is -0.106. The fraction of sp³-hybridized carbons (Fsp3) is 0.125. The van der Waals surface area contributed by atoms with Crippen LogP contribution < -0.4 is 5.01 Å². The Morgan fingerprint density at radius 2 is 2.00 bits per heavy atom. The van der Waals surface area contributed by atoms with E-state index in [0.29, 0.717) is 17.0 Å². The molecule has 0 fully saturated rings. The van der Waals surface area contributed by atoms with Crippen molar-refractivity contribution in [2.45, 2.75) is 0 Å². The average Bonchev–Trinajstić information content (AvgIpc) is 2.16. The maximum absolute atomic E-state index is 10.3. The van der Waals surface area contributed by atoms with Gasteiger partial charge < -0.3 is 4.79 Å². The van der Waals surface area contributed by atoms with Crippen molar-refractivity contribution in [1.29, 1.82) is 0 Å². The molecule has 0 aliphatic carbocycles. The number of halogens is 1. The van der Waals surface area contributed by atoms with Gasteiger partial charge in [-0.1, -0.05) is 11.6 Å². The van der Waals surface area contributed by atoms with Crippen molar-refractivity contribution in [2.75, 3.05) is 11.6 Å². The summed E-state index contributed by atoms with van der Waals surface area (Å²) in [6, 6.07) is 6.49. The Balaban J connectivity index is 2.84. The topological polar surface area (TPSA) is 49.7 Å². The predicted molar refractivity (Wildman–Crippen MR) is 50.7 cm³/mol. The fourth-order valence-electron chi connectivity index (χ4n) is 0.870. The van der Waals surface area contributed by atoms with Crippen LogP contribution in [-0.4, -0.2) is 12.8 Å². The van der Waals surface area contributed by atoms with Crippen molar-refractivity contribution >= 4 is 23.6 Å². The SMILES string of the molecule is O=CCN(N=O)c1ccc(Cl)cc1. The minimum atomic E-state index is -0.0505. The van der Waals surface area contributed by atoms with E-state index in [2.05, 4.69) is 5.29 Å². The summed E-state index contributed by atoms with van der Waals surface area (Å²) in [4.78, 5) is 20.4. The fourth-order valence-corrected chi connectivity index (χ4v) is 0.996. The van der Waals surface area contributed by atoms with Gasteiger partial charge in [-0.3, -0.25) is 0 Å². The van der Waals surface area contributed by atoms with Crippen molar-refractivity contribution in [3.8, 4) is 0 Å². The molecular formula is C8H7ClN2O2. The Morgan fingerprint density at radius 1 is 1.38 bits per heavy atom. The van der Waals surface area contributed by atoms with Crippen molar-refractivity contribution in [2.24, 2.45) is 5.29 Å². The molecule has 0 bridgehead atoms. The first-order chi connectivity index (χ1) is 6.27. The number of anilines is 1. The molecule has 1 aromatic rings. The van der Waals surface area contributed by atoms with Gasteiger partial charge >= 0.3 is 0 Å². The van der Waals surface area contributed by atoms with E-state index < -0.39 is 0 Å². The highest BCUT2D eigenvalue weighted by Gasteiger charge is 2.04. The molecule has 0 radical (unpaired) electrons. The monoisotopic (exact) mass is 198 g/mol.